The number of anilines is 1. The monoisotopic (exact) mass is 352 g/mol. The second kappa shape index (κ2) is 6.92. The van der Waals surface area contributed by atoms with Crippen molar-refractivity contribution in [2.75, 3.05) is 18.4 Å². The van der Waals surface area contributed by atoms with E-state index in [4.69, 9.17) is 0 Å². The maximum absolute atomic E-state index is 12.3. The van der Waals surface area contributed by atoms with Gasteiger partial charge < -0.3 is 10.4 Å². The van der Waals surface area contributed by atoms with Crippen LogP contribution in [0.3, 0.4) is 0 Å². The summed E-state index contributed by atoms with van der Waals surface area (Å²) in [6.45, 7) is 6.69. The number of aliphatic hydroxyl groups excluding tert-OH is 1. The molecule has 0 fully saturated rings. The zero-order valence-electron chi connectivity index (χ0n) is 15.3. The van der Waals surface area contributed by atoms with Crippen molar-refractivity contribution in [1.29, 1.82) is 0 Å². The zero-order chi connectivity index (χ0) is 18.9. The molecule has 3 rings (SSSR count). The van der Waals surface area contributed by atoms with Crippen molar-refractivity contribution in [3.63, 3.8) is 0 Å². The van der Waals surface area contributed by atoms with Crippen LogP contribution in [0.4, 0.5) is 5.69 Å². The Morgan fingerprint density at radius 2 is 1.50 bits per heavy atom. The molecule has 5 heteroatoms. The fourth-order valence-electron chi connectivity index (χ4n) is 3.00. The first-order valence-corrected chi connectivity index (χ1v) is 8.75. The molecule has 1 atom stereocenters. The van der Waals surface area contributed by atoms with Crippen LogP contribution in [0.1, 0.15) is 47.1 Å². The van der Waals surface area contributed by atoms with Crippen LogP contribution in [0.5, 0.6) is 0 Å². The zero-order valence-corrected chi connectivity index (χ0v) is 15.3. The summed E-state index contributed by atoms with van der Waals surface area (Å²) in [7, 11) is 0. The summed E-state index contributed by atoms with van der Waals surface area (Å²) in [5.74, 6) is -0.696. The van der Waals surface area contributed by atoms with Gasteiger partial charge in [0, 0.05) is 12.2 Å². The molecular formula is C21H24N2O3. The summed E-state index contributed by atoms with van der Waals surface area (Å²) in [6, 6.07) is 14.8. The molecule has 0 radical (unpaired) electrons. The molecule has 1 aliphatic rings. The molecule has 26 heavy (non-hydrogen) atoms. The van der Waals surface area contributed by atoms with E-state index in [0.29, 0.717) is 11.1 Å². The SMILES string of the molecule is CC(C)(C)c1ccc(NCC(O)CN2C(=O)c3ccccc3C2=O)cc1. The number of amides is 2. The van der Waals surface area contributed by atoms with Crippen molar-refractivity contribution < 1.29 is 14.7 Å². The standard InChI is InChI=1S/C21H24N2O3/c1-21(2,3)14-8-10-15(11-9-14)22-12-16(24)13-23-19(25)17-6-4-5-7-18(17)20(23)26/h4-11,16,22,24H,12-13H2,1-3H3. The summed E-state index contributed by atoms with van der Waals surface area (Å²) in [5.41, 5.74) is 3.00. The van der Waals surface area contributed by atoms with Gasteiger partial charge in [-0.2, -0.15) is 0 Å². The molecule has 2 aromatic rings. The van der Waals surface area contributed by atoms with Crippen LogP contribution >= 0.6 is 0 Å². The molecule has 0 saturated heterocycles. The molecule has 2 aromatic carbocycles. The van der Waals surface area contributed by atoms with Crippen LogP contribution in [0, 0.1) is 0 Å². The third-order valence-electron chi connectivity index (χ3n) is 4.56. The number of fused-ring (bicyclic) bond motifs is 1. The van der Waals surface area contributed by atoms with Gasteiger partial charge in [0.05, 0.1) is 23.8 Å². The Morgan fingerprint density at radius 1 is 0.962 bits per heavy atom. The van der Waals surface area contributed by atoms with Gasteiger partial charge in [-0.05, 0) is 35.2 Å². The van der Waals surface area contributed by atoms with Crippen LogP contribution in [0.25, 0.3) is 0 Å². The lowest BCUT2D eigenvalue weighted by Gasteiger charge is -2.21. The number of hydrogen-bond acceptors (Lipinski definition) is 4. The van der Waals surface area contributed by atoms with Crippen molar-refractivity contribution in [2.24, 2.45) is 0 Å². The number of carbonyl (C=O) groups is 2. The summed E-state index contributed by atoms with van der Waals surface area (Å²) < 4.78 is 0. The molecule has 0 saturated carbocycles. The molecule has 2 amide bonds. The van der Waals surface area contributed by atoms with Crippen molar-refractivity contribution in [1.82, 2.24) is 4.90 Å². The van der Waals surface area contributed by atoms with Gasteiger partial charge in [0.1, 0.15) is 0 Å². The van der Waals surface area contributed by atoms with Gasteiger partial charge >= 0.3 is 0 Å². The predicted octanol–water partition coefficient (Wildman–Crippen LogP) is 3.05. The Balaban J connectivity index is 1.58. The van der Waals surface area contributed by atoms with E-state index in [2.05, 4.69) is 38.2 Å². The molecule has 2 N–H and O–H groups in total. The third-order valence-corrected chi connectivity index (χ3v) is 4.56. The Morgan fingerprint density at radius 3 is 2.00 bits per heavy atom. The average molecular weight is 352 g/mol. The number of benzene rings is 2. The normalized spacial score (nSPS) is 15.2. The minimum Gasteiger partial charge on any atom is -0.389 e. The van der Waals surface area contributed by atoms with Gasteiger partial charge in [0.2, 0.25) is 0 Å². The average Bonchev–Trinajstić information content (AvgIpc) is 2.85. The molecule has 0 aromatic heterocycles. The van der Waals surface area contributed by atoms with E-state index in [0.717, 1.165) is 10.6 Å². The fraction of sp³-hybridized carbons (Fsp3) is 0.333. The smallest absolute Gasteiger partial charge is 0.261 e. The van der Waals surface area contributed by atoms with E-state index < -0.39 is 6.10 Å². The van der Waals surface area contributed by atoms with Crippen molar-refractivity contribution in [2.45, 2.75) is 32.3 Å². The lowest BCUT2D eigenvalue weighted by Crippen LogP contribution is -2.39. The predicted molar refractivity (Wildman–Crippen MR) is 101 cm³/mol. The fourth-order valence-corrected chi connectivity index (χ4v) is 3.00. The Bertz CT molecular complexity index is 787. The van der Waals surface area contributed by atoms with Gasteiger partial charge in [-0.15, -0.1) is 0 Å². The quantitative estimate of drug-likeness (QED) is 0.812. The third kappa shape index (κ3) is 3.63. The van der Waals surface area contributed by atoms with E-state index >= 15 is 0 Å². The van der Waals surface area contributed by atoms with Crippen LogP contribution in [-0.4, -0.2) is 41.0 Å². The summed E-state index contributed by atoms with van der Waals surface area (Å²) >= 11 is 0. The van der Waals surface area contributed by atoms with Gasteiger partial charge in [-0.25, -0.2) is 0 Å². The molecule has 0 bridgehead atoms. The van der Waals surface area contributed by atoms with E-state index in [-0.39, 0.29) is 30.3 Å². The number of nitrogens with one attached hydrogen (secondary N) is 1. The van der Waals surface area contributed by atoms with Crippen LogP contribution in [-0.2, 0) is 5.41 Å². The number of β-amino-alcohol motifs (C(OH)–C–C–N with tert-alkyl or cyclic N) is 1. The lowest BCUT2D eigenvalue weighted by molar-refractivity contribution is 0.0558. The highest BCUT2D eigenvalue weighted by molar-refractivity contribution is 6.21. The van der Waals surface area contributed by atoms with E-state index in [1.165, 1.54) is 5.56 Å². The highest BCUT2D eigenvalue weighted by atomic mass is 16.3. The molecule has 136 valence electrons. The maximum atomic E-state index is 12.3. The largest absolute Gasteiger partial charge is 0.389 e. The Hall–Kier alpha value is -2.66. The lowest BCUT2D eigenvalue weighted by atomic mass is 9.87. The van der Waals surface area contributed by atoms with Gasteiger partial charge in [0.15, 0.2) is 0 Å². The van der Waals surface area contributed by atoms with E-state index in [9.17, 15) is 14.7 Å². The van der Waals surface area contributed by atoms with E-state index in [1.807, 2.05) is 12.1 Å². The van der Waals surface area contributed by atoms with E-state index in [1.54, 1.807) is 24.3 Å². The number of imide groups is 1. The second-order valence-corrected chi connectivity index (χ2v) is 7.63. The topological polar surface area (TPSA) is 69.6 Å². The second-order valence-electron chi connectivity index (χ2n) is 7.63. The van der Waals surface area contributed by atoms with Crippen molar-refractivity contribution >= 4 is 17.5 Å². The minimum absolute atomic E-state index is 0.0284. The number of hydrogen-bond donors (Lipinski definition) is 2. The van der Waals surface area contributed by atoms with Crippen molar-refractivity contribution in [3.05, 3.63) is 65.2 Å². The molecular weight excluding hydrogens is 328 g/mol. The number of aliphatic hydroxyl groups is 1. The molecule has 0 aliphatic carbocycles. The van der Waals surface area contributed by atoms with Gasteiger partial charge in [0.25, 0.3) is 11.8 Å². The van der Waals surface area contributed by atoms with Gasteiger partial charge in [-0.3, -0.25) is 14.5 Å². The minimum atomic E-state index is -0.848. The molecule has 0 spiro atoms. The number of rotatable bonds is 5. The molecule has 5 nitrogen and oxygen atoms in total. The Kier molecular flexibility index (Phi) is 4.83. The first kappa shape index (κ1) is 18.1. The molecule has 1 heterocycles. The van der Waals surface area contributed by atoms with Gasteiger partial charge in [-0.1, -0.05) is 45.0 Å². The number of nitrogens with zero attached hydrogens (tertiary/aromatic N) is 1. The molecule has 1 aliphatic heterocycles. The maximum Gasteiger partial charge on any atom is 0.261 e. The summed E-state index contributed by atoms with van der Waals surface area (Å²) in [5, 5.41) is 13.4. The highest BCUT2D eigenvalue weighted by Crippen LogP contribution is 2.24. The first-order valence-electron chi connectivity index (χ1n) is 8.75. The highest BCUT2D eigenvalue weighted by Gasteiger charge is 2.35. The van der Waals surface area contributed by atoms with Crippen LogP contribution < -0.4 is 5.32 Å². The first-order chi connectivity index (χ1) is 12.3. The van der Waals surface area contributed by atoms with Crippen molar-refractivity contribution in [3.8, 4) is 0 Å². The van der Waals surface area contributed by atoms with Crippen LogP contribution in [0.15, 0.2) is 48.5 Å². The Labute approximate surface area is 153 Å². The summed E-state index contributed by atoms with van der Waals surface area (Å²) in [6.07, 6.45) is -0.848. The van der Waals surface area contributed by atoms with Crippen LogP contribution in [0.2, 0.25) is 0 Å². The number of carbonyl (C=O) groups excluding carboxylic acids is 2. The summed E-state index contributed by atoms with van der Waals surface area (Å²) in [4.78, 5) is 25.8. The molecule has 1 unspecified atom stereocenters.